The molecule has 8 heavy (non-hydrogen) atoms. The van der Waals surface area contributed by atoms with Crippen LogP contribution in [-0.2, 0) is 0 Å². The van der Waals surface area contributed by atoms with Gasteiger partial charge < -0.3 is 0 Å². The molecule has 0 amide bonds. The molecular weight excluding hydrogens is 116 g/mol. The lowest BCUT2D eigenvalue weighted by molar-refractivity contribution is 0.394. The first kappa shape index (κ1) is 6.47. The van der Waals surface area contributed by atoms with Crippen LogP contribution < -0.4 is 0 Å². The molecule has 1 rings (SSSR count). The van der Waals surface area contributed by atoms with Crippen LogP contribution in [0.4, 0.5) is 0 Å². The summed E-state index contributed by atoms with van der Waals surface area (Å²) in [5.41, 5.74) is 0. The highest BCUT2D eigenvalue weighted by Gasteiger charge is 2.13. The van der Waals surface area contributed by atoms with Gasteiger partial charge in [0.2, 0.25) is 0 Å². The maximum atomic E-state index is 4.40. The molecule has 0 atom stereocenters. The van der Waals surface area contributed by atoms with Gasteiger partial charge in [-0.05, 0) is 31.6 Å². The van der Waals surface area contributed by atoms with Gasteiger partial charge in [-0.2, -0.15) is 12.6 Å². The molecule has 1 aliphatic rings. The maximum Gasteiger partial charge on any atom is 0.00170 e. The van der Waals surface area contributed by atoms with E-state index in [1.807, 2.05) is 0 Å². The molecular formula is C7H14S. The van der Waals surface area contributed by atoms with Crippen LogP contribution in [0.25, 0.3) is 0 Å². The van der Waals surface area contributed by atoms with Crippen molar-refractivity contribution in [2.75, 3.05) is 0 Å². The molecule has 0 radical (unpaired) electrons. The third-order valence-corrected chi connectivity index (χ3v) is 2.50. The van der Waals surface area contributed by atoms with E-state index in [0.717, 1.165) is 5.92 Å². The molecule has 1 aliphatic carbocycles. The zero-order chi connectivity index (χ0) is 5.98. The minimum absolute atomic E-state index is 0.714. The van der Waals surface area contributed by atoms with E-state index in [1.54, 1.807) is 0 Å². The van der Waals surface area contributed by atoms with Crippen LogP contribution >= 0.6 is 12.6 Å². The normalized spacial score (nSPS) is 39.8. The Hall–Kier alpha value is 0.350. The predicted molar refractivity (Wildman–Crippen MR) is 40.4 cm³/mol. The van der Waals surface area contributed by atoms with Crippen molar-refractivity contribution < 1.29 is 0 Å². The number of hydrogen-bond acceptors (Lipinski definition) is 1. The Kier molecular flexibility index (Phi) is 2.24. The van der Waals surface area contributed by atoms with Gasteiger partial charge >= 0.3 is 0 Å². The Morgan fingerprint density at radius 3 is 2.00 bits per heavy atom. The molecule has 0 spiro atoms. The third kappa shape index (κ3) is 1.70. The van der Waals surface area contributed by atoms with Gasteiger partial charge in [-0.3, -0.25) is 0 Å². The van der Waals surface area contributed by atoms with Gasteiger partial charge in [0, 0.05) is 5.25 Å². The van der Waals surface area contributed by atoms with Crippen LogP contribution in [0.2, 0.25) is 0 Å². The Labute approximate surface area is 57.1 Å². The van der Waals surface area contributed by atoms with Crippen LogP contribution in [0.5, 0.6) is 0 Å². The lowest BCUT2D eigenvalue weighted by Gasteiger charge is -2.21. The summed E-state index contributed by atoms with van der Waals surface area (Å²) in [6.07, 6.45) is 5.47. The average molecular weight is 130 g/mol. The molecule has 0 aromatic rings. The number of thiol groups is 1. The van der Waals surface area contributed by atoms with Crippen molar-refractivity contribution in [1.82, 2.24) is 0 Å². The number of rotatable bonds is 0. The summed E-state index contributed by atoms with van der Waals surface area (Å²) in [6.45, 7) is 2.33. The van der Waals surface area contributed by atoms with Gasteiger partial charge in [-0.15, -0.1) is 0 Å². The molecule has 0 N–H and O–H groups in total. The molecule has 1 heteroatoms. The summed E-state index contributed by atoms with van der Waals surface area (Å²) < 4.78 is 0. The van der Waals surface area contributed by atoms with Gasteiger partial charge in [0.15, 0.2) is 0 Å². The van der Waals surface area contributed by atoms with E-state index in [9.17, 15) is 0 Å². The van der Waals surface area contributed by atoms with Crippen molar-refractivity contribution in [2.45, 2.75) is 37.9 Å². The Morgan fingerprint density at radius 1 is 1.12 bits per heavy atom. The largest absolute Gasteiger partial charge is 0.176 e. The molecule has 0 aromatic heterocycles. The zero-order valence-corrected chi connectivity index (χ0v) is 6.32. The first-order valence-corrected chi connectivity index (χ1v) is 3.98. The first-order chi connectivity index (χ1) is 3.79. The van der Waals surface area contributed by atoms with Crippen LogP contribution in [-0.4, -0.2) is 5.25 Å². The van der Waals surface area contributed by atoms with Crippen LogP contribution in [0.15, 0.2) is 0 Å². The zero-order valence-electron chi connectivity index (χ0n) is 5.43. The fraction of sp³-hybridized carbons (Fsp3) is 1.00. The van der Waals surface area contributed by atoms with Crippen molar-refractivity contribution in [3.63, 3.8) is 0 Å². The summed E-state index contributed by atoms with van der Waals surface area (Å²) >= 11 is 4.40. The molecule has 48 valence electrons. The summed E-state index contributed by atoms with van der Waals surface area (Å²) in [7, 11) is 0. The molecule has 0 heterocycles. The highest BCUT2D eigenvalue weighted by molar-refractivity contribution is 7.80. The van der Waals surface area contributed by atoms with Gasteiger partial charge in [-0.1, -0.05) is 6.92 Å². The van der Waals surface area contributed by atoms with Crippen LogP contribution in [0.3, 0.4) is 0 Å². The van der Waals surface area contributed by atoms with Crippen molar-refractivity contribution in [1.29, 1.82) is 0 Å². The highest BCUT2D eigenvalue weighted by atomic mass is 32.1. The SMILES string of the molecule is C[C@H]1CC[C@@H](S)CC1. The molecule has 0 unspecified atom stereocenters. The number of hydrogen-bond donors (Lipinski definition) is 1. The van der Waals surface area contributed by atoms with Crippen LogP contribution in [0, 0.1) is 5.92 Å². The third-order valence-electron chi connectivity index (χ3n) is 1.99. The lowest BCUT2D eigenvalue weighted by atomic mass is 9.91. The van der Waals surface area contributed by atoms with E-state index < -0.39 is 0 Å². The average Bonchev–Trinajstić information content (AvgIpc) is 1.77. The van der Waals surface area contributed by atoms with Gasteiger partial charge in [-0.25, -0.2) is 0 Å². The molecule has 0 saturated heterocycles. The van der Waals surface area contributed by atoms with Gasteiger partial charge in [0.1, 0.15) is 0 Å². The van der Waals surface area contributed by atoms with Crippen molar-refractivity contribution in [2.24, 2.45) is 5.92 Å². The standard InChI is InChI=1S/C7H14S/c1-6-2-4-7(8)5-3-6/h6-8H,2-5H2,1H3/t6-,7+. The molecule has 0 aliphatic heterocycles. The van der Waals surface area contributed by atoms with Crippen LogP contribution in [0.1, 0.15) is 32.6 Å². The maximum absolute atomic E-state index is 4.40. The van der Waals surface area contributed by atoms with E-state index in [4.69, 9.17) is 0 Å². The van der Waals surface area contributed by atoms with Gasteiger partial charge in [0.25, 0.3) is 0 Å². The Morgan fingerprint density at radius 2 is 1.62 bits per heavy atom. The van der Waals surface area contributed by atoms with Crippen molar-refractivity contribution in [3.8, 4) is 0 Å². The lowest BCUT2D eigenvalue weighted by Crippen LogP contribution is -2.11. The summed E-state index contributed by atoms with van der Waals surface area (Å²) in [5, 5.41) is 0.714. The minimum Gasteiger partial charge on any atom is -0.176 e. The molecule has 1 saturated carbocycles. The van der Waals surface area contributed by atoms with E-state index in [1.165, 1.54) is 25.7 Å². The van der Waals surface area contributed by atoms with Crippen molar-refractivity contribution in [3.05, 3.63) is 0 Å². The topological polar surface area (TPSA) is 0 Å². The quantitative estimate of drug-likeness (QED) is 0.478. The second-order valence-corrected chi connectivity index (χ2v) is 3.64. The first-order valence-electron chi connectivity index (χ1n) is 3.47. The van der Waals surface area contributed by atoms with E-state index >= 15 is 0 Å². The monoisotopic (exact) mass is 130 g/mol. The minimum atomic E-state index is 0.714. The summed E-state index contributed by atoms with van der Waals surface area (Å²) in [4.78, 5) is 0. The molecule has 0 bridgehead atoms. The van der Waals surface area contributed by atoms with E-state index in [-0.39, 0.29) is 0 Å². The summed E-state index contributed by atoms with van der Waals surface area (Å²) in [6, 6.07) is 0. The van der Waals surface area contributed by atoms with Gasteiger partial charge in [0.05, 0.1) is 0 Å². The molecule has 0 aromatic carbocycles. The Balaban J connectivity index is 2.19. The van der Waals surface area contributed by atoms with Crippen molar-refractivity contribution >= 4 is 12.6 Å². The molecule has 1 fully saturated rings. The predicted octanol–water partition coefficient (Wildman–Crippen LogP) is 2.49. The highest BCUT2D eigenvalue weighted by Crippen LogP contribution is 2.26. The fourth-order valence-electron chi connectivity index (χ4n) is 1.24. The fourth-order valence-corrected chi connectivity index (χ4v) is 1.54. The van der Waals surface area contributed by atoms with E-state index in [2.05, 4.69) is 19.6 Å². The molecule has 0 nitrogen and oxygen atoms in total. The second-order valence-electron chi connectivity index (χ2n) is 2.91. The smallest absolute Gasteiger partial charge is 0.00170 e. The second kappa shape index (κ2) is 2.77. The summed E-state index contributed by atoms with van der Waals surface area (Å²) in [5.74, 6) is 0.971. The Bertz CT molecular complexity index is 52.8. The van der Waals surface area contributed by atoms with E-state index in [0.29, 0.717) is 5.25 Å².